The Morgan fingerprint density at radius 3 is 2.55 bits per heavy atom. The van der Waals surface area contributed by atoms with Crippen LogP contribution in [-0.2, 0) is 27.8 Å². The molecule has 116 valence electrons. The predicted molar refractivity (Wildman–Crippen MR) is 74.0 cm³/mol. The summed E-state index contributed by atoms with van der Waals surface area (Å²) in [6.45, 7) is 5.98. The number of hydrogen-bond donors (Lipinski definition) is 0. The van der Waals surface area contributed by atoms with E-state index in [2.05, 4.69) is 0 Å². The van der Waals surface area contributed by atoms with Gasteiger partial charge in [0.15, 0.2) is 6.29 Å². The SMILES string of the molecule is CC1OP(OCCOCCOC2CCC=CO2)OC1C. The first kappa shape index (κ1) is 16.1. The molecule has 1 saturated heterocycles. The normalized spacial score (nSPS) is 33.3. The topological polar surface area (TPSA) is 55.4 Å². The van der Waals surface area contributed by atoms with E-state index in [0.29, 0.717) is 26.4 Å². The molecular weight excluding hydrogens is 283 g/mol. The molecule has 0 aromatic heterocycles. The fourth-order valence-electron chi connectivity index (χ4n) is 1.67. The Morgan fingerprint density at radius 1 is 1.10 bits per heavy atom. The van der Waals surface area contributed by atoms with E-state index in [1.165, 1.54) is 0 Å². The molecule has 0 saturated carbocycles. The second kappa shape index (κ2) is 8.93. The molecule has 2 aliphatic heterocycles. The minimum absolute atomic E-state index is 0.0972. The molecule has 0 aliphatic carbocycles. The van der Waals surface area contributed by atoms with E-state index in [1.54, 1.807) is 6.26 Å². The Balaban J connectivity index is 1.39. The van der Waals surface area contributed by atoms with E-state index in [-0.39, 0.29) is 18.5 Å². The Bertz CT molecular complexity index is 291. The van der Waals surface area contributed by atoms with Crippen molar-refractivity contribution in [1.29, 1.82) is 0 Å². The molecule has 1 fully saturated rings. The monoisotopic (exact) mass is 306 g/mol. The van der Waals surface area contributed by atoms with Crippen LogP contribution < -0.4 is 0 Å². The molecule has 0 spiro atoms. The third kappa shape index (κ3) is 5.64. The highest BCUT2D eigenvalue weighted by Crippen LogP contribution is 2.48. The lowest BCUT2D eigenvalue weighted by molar-refractivity contribution is -0.126. The Morgan fingerprint density at radius 2 is 1.85 bits per heavy atom. The maximum absolute atomic E-state index is 5.51. The summed E-state index contributed by atoms with van der Waals surface area (Å²) in [4.78, 5) is 0. The van der Waals surface area contributed by atoms with E-state index >= 15 is 0 Å². The molecular formula is C13H23O6P. The van der Waals surface area contributed by atoms with E-state index < -0.39 is 8.60 Å². The molecule has 0 bridgehead atoms. The van der Waals surface area contributed by atoms with Crippen LogP contribution in [0.15, 0.2) is 12.3 Å². The maximum atomic E-state index is 5.51. The minimum atomic E-state index is -1.20. The molecule has 6 nitrogen and oxygen atoms in total. The van der Waals surface area contributed by atoms with Crippen molar-refractivity contribution in [3.05, 3.63) is 12.3 Å². The summed E-state index contributed by atoms with van der Waals surface area (Å²) in [5, 5.41) is 0. The van der Waals surface area contributed by atoms with Crippen molar-refractivity contribution in [3.63, 3.8) is 0 Å². The summed E-state index contributed by atoms with van der Waals surface area (Å²) in [7, 11) is -1.20. The molecule has 0 aromatic carbocycles. The number of allylic oxidation sites excluding steroid dienone is 1. The van der Waals surface area contributed by atoms with Gasteiger partial charge in [-0.3, -0.25) is 0 Å². The summed E-state index contributed by atoms with van der Waals surface area (Å²) in [6.07, 6.45) is 5.64. The van der Waals surface area contributed by atoms with Crippen LogP contribution in [-0.4, -0.2) is 44.9 Å². The van der Waals surface area contributed by atoms with E-state index in [9.17, 15) is 0 Å². The lowest BCUT2D eigenvalue weighted by Gasteiger charge is -2.19. The number of rotatable bonds is 8. The first-order valence-electron chi connectivity index (χ1n) is 7.02. The standard InChI is InChI=1S/C13H23O6P/c1-11-12(2)19-20(18-11)17-10-8-14-7-9-16-13-5-3-4-6-15-13/h4,6,11-13H,3,5,7-10H2,1-2H3. The molecule has 0 radical (unpaired) electrons. The van der Waals surface area contributed by atoms with Crippen molar-refractivity contribution >= 4 is 8.60 Å². The maximum Gasteiger partial charge on any atom is 0.333 e. The van der Waals surface area contributed by atoms with Gasteiger partial charge in [-0.05, 0) is 26.3 Å². The van der Waals surface area contributed by atoms with E-state index in [4.69, 9.17) is 27.8 Å². The smallest absolute Gasteiger partial charge is 0.333 e. The van der Waals surface area contributed by atoms with Gasteiger partial charge in [0.1, 0.15) is 0 Å². The zero-order valence-corrected chi connectivity index (χ0v) is 12.9. The second-order valence-electron chi connectivity index (χ2n) is 4.68. The van der Waals surface area contributed by atoms with Gasteiger partial charge >= 0.3 is 8.60 Å². The highest BCUT2D eigenvalue weighted by Gasteiger charge is 2.31. The Labute approximate surface area is 121 Å². The number of ether oxygens (including phenoxy) is 3. The van der Waals surface area contributed by atoms with Gasteiger partial charge in [-0.2, -0.15) is 0 Å². The van der Waals surface area contributed by atoms with Crippen molar-refractivity contribution in [2.24, 2.45) is 0 Å². The van der Waals surface area contributed by atoms with Gasteiger partial charge < -0.3 is 27.8 Å². The molecule has 2 heterocycles. The minimum Gasteiger partial charge on any atom is -0.473 e. The first-order chi connectivity index (χ1) is 9.75. The van der Waals surface area contributed by atoms with Crippen molar-refractivity contribution < 1.29 is 27.8 Å². The van der Waals surface area contributed by atoms with Gasteiger partial charge in [-0.15, -0.1) is 0 Å². The van der Waals surface area contributed by atoms with Crippen LogP contribution in [0.4, 0.5) is 0 Å². The highest BCUT2D eigenvalue weighted by molar-refractivity contribution is 7.42. The molecule has 2 rings (SSSR count). The van der Waals surface area contributed by atoms with Crippen LogP contribution >= 0.6 is 8.60 Å². The Kier molecular flexibility index (Phi) is 7.21. The van der Waals surface area contributed by atoms with Crippen LogP contribution in [0.3, 0.4) is 0 Å². The lowest BCUT2D eigenvalue weighted by atomic mass is 10.3. The van der Waals surface area contributed by atoms with E-state index in [1.807, 2.05) is 19.9 Å². The molecule has 0 amide bonds. The average Bonchev–Trinajstić information content (AvgIpc) is 2.78. The van der Waals surface area contributed by atoms with Gasteiger partial charge in [0.25, 0.3) is 0 Å². The van der Waals surface area contributed by atoms with Gasteiger partial charge in [0, 0.05) is 6.42 Å². The quantitative estimate of drug-likeness (QED) is 0.508. The summed E-state index contributed by atoms with van der Waals surface area (Å²) in [6, 6.07) is 0. The van der Waals surface area contributed by atoms with Crippen molar-refractivity contribution in [2.75, 3.05) is 26.4 Å². The first-order valence-corrected chi connectivity index (χ1v) is 8.11. The molecule has 3 atom stereocenters. The fraction of sp³-hybridized carbons (Fsp3) is 0.846. The number of hydrogen-bond acceptors (Lipinski definition) is 6. The fourth-order valence-corrected chi connectivity index (χ4v) is 2.95. The van der Waals surface area contributed by atoms with Crippen LogP contribution in [0.25, 0.3) is 0 Å². The summed E-state index contributed by atoms with van der Waals surface area (Å²) in [5.41, 5.74) is 0. The Hall–Kier alpha value is -0.230. The second-order valence-corrected chi connectivity index (χ2v) is 5.80. The molecule has 2 aliphatic rings. The van der Waals surface area contributed by atoms with Crippen molar-refractivity contribution in [1.82, 2.24) is 0 Å². The zero-order valence-electron chi connectivity index (χ0n) is 12.0. The summed E-state index contributed by atoms with van der Waals surface area (Å²) >= 11 is 0. The molecule has 0 N–H and O–H groups in total. The van der Waals surface area contributed by atoms with Crippen LogP contribution in [0, 0.1) is 0 Å². The van der Waals surface area contributed by atoms with Gasteiger partial charge in [0.05, 0.1) is 44.9 Å². The van der Waals surface area contributed by atoms with E-state index in [0.717, 1.165) is 12.8 Å². The van der Waals surface area contributed by atoms with Gasteiger partial charge in [-0.25, -0.2) is 0 Å². The van der Waals surface area contributed by atoms with Crippen LogP contribution in [0.2, 0.25) is 0 Å². The van der Waals surface area contributed by atoms with Crippen LogP contribution in [0.5, 0.6) is 0 Å². The van der Waals surface area contributed by atoms with Crippen molar-refractivity contribution in [2.45, 2.75) is 45.2 Å². The zero-order chi connectivity index (χ0) is 14.2. The lowest BCUT2D eigenvalue weighted by Crippen LogP contribution is -2.19. The highest BCUT2D eigenvalue weighted by atomic mass is 31.2. The third-order valence-electron chi connectivity index (χ3n) is 3.02. The summed E-state index contributed by atoms with van der Waals surface area (Å²) in [5.74, 6) is 0. The third-order valence-corrected chi connectivity index (χ3v) is 4.42. The predicted octanol–water partition coefficient (Wildman–Crippen LogP) is 2.74. The molecule has 3 unspecified atom stereocenters. The van der Waals surface area contributed by atoms with Crippen LogP contribution in [0.1, 0.15) is 26.7 Å². The largest absolute Gasteiger partial charge is 0.473 e. The van der Waals surface area contributed by atoms with Gasteiger partial charge in [-0.1, -0.05) is 0 Å². The van der Waals surface area contributed by atoms with Crippen molar-refractivity contribution in [3.8, 4) is 0 Å². The van der Waals surface area contributed by atoms with Gasteiger partial charge in [0.2, 0.25) is 0 Å². The summed E-state index contributed by atoms with van der Waals surface area (Å²) < 4.78 is 32.7. The molecule has 7 heteroatoms. The molecule has 0 aromatic rings. The average molecular weight is 306 g/mol. The molecule has 20 heavy (non-hydrogen) atoms.